The number of piperazine rings is 1. The number of amides is 1. The predicted molar refractivity (Wildman–Crippen MR) is 134 cm³/mol. The lowest BCUT2D eigenvalue weighted by atomic mass is 10.1. The average Bonchev–Trinajstić information content (AvgIpc) is 3.50. The van der Waals surface area contributed by atoms with Crippen molar-refractivity contribution >= 4 is 17.2 Å². The number of carbonyl (C=O) groups is 1. The maximum Gasteiger partial charge on any atom is 0.272 e. The minimum atomic E-state index is 0.0460. The molecule has 5 nitrogen and oxygen atoms in total. The van der Waals surface area contributed by atoms with Gasteiger partial charge >= 0.3 is 0 Å². The van der Waals surface area contributed by atoms with E-state index in [1.54, 1.807) is 11.3 Å². The number of hydrogen-bond acceptors (Lipinski definition) is 4. The number of carbonyl (C=O) groups excluding carboxylic acids is 1. The molecule has 168 valence electrons. The van der Waals surface area contributed by atoms with E-state index in [-0.39, 0.29) is 5.91 Å². The quantitative estimate of drug-likeness (QED) is 0.416. The second kappa shape index (κ2) is 9.33. The van der Waals surface area contributed by atoms with Gasteiger partial charge in [-0.05, 0) is 48.6 Å². The van der Waals surface area contributed by atoms with E-state index >= 15 is 0 Å². The average molecular weight is 457 g/mol. The molecule has 2 aromatic carbocycles. The van der Waals surface area contributed by atoms with Crippen LogP contribution in [0, 0.1) is 13.8 Å². The molecule has 0 N–H and O–H groups in total. The van der Waals surface area contributed by atoms with E-state index in [4.69, 9.17) is 5.10 Å². The normalized spacial score (nSPS) is 14.5. The van der Waals surface area contributed by atoms with Crippen LogP contribution in [0.2, 0.25) is 0 Å². The van der Waals surface area contributed by atoms with Gasteiger partial charge in [0.05, 0.1) is 10.6 Å². The first-order valence-corrected chi connectivity index (χ1v) is 12.2. The van der Waals surface area contributed by atoms with Gasteiger partial charge in [0.15, 0.2) is 0 Å². The van der Waals surface area contributed by atoms with Crippen molar-refractivity contribution in [3.63, 3.8) is 0 Å². The smallest absolute Gasteiger partial charge is 0.272 e. The molecule has 33 heavy (non-hydrogen) atoms. The van der Waals surface area contributed by atoms with Crippen molar-refractivity contribution in [3.8, 4) is 16.3 Å². The summed E-state index contributed by atoms with van der Waals surface area (Å²) in [6.45, 7) is 8.26. The van der Waals surface area contributed by atoms with Gasteiger partial charge in [0.2, 0.25) is 0 Å². The van der Waals surface area contributed by atoms with Crippen LogP contribution in [0.1, 0.15) is 27.2 Å². The first-order chi connectivity index (χ1) is 16.1. The summed E-state index contributed by atoms with van der Waals surface area (Å²) in [5.74, 6) is 0.0460. The third kappa shape index (κ3) is 4.63. The fourth-order valence-electron chi connectivity index (χ4n) is 4.42. The van der Waals surface area contributed by atoms with Gasteiger partial charge in [-0.3, -0.25) is 9.69 Å². The van der Waals surface area contributed by atoms with Crippen LogP contribution in [0.4, 0.5) is 0 Å². The van der Waals surface area contributed by atoms with Crippen molar-refractivity contribution in [1.82, 2.24) is 19.6 Å². The molecule has 1 fully saturated rings. The van der Waals surface area contributed by atoms with Crippen molar-refractivity contribution < 1.29 is 4.79 Å². The van der Waals surface area contributed by atoms with Crippen LogP contribution in [0.15, 0.2) is 72.1 Å². The summed E-state index contributed by atoms with van der Waals surface area (Å²) < 4.78 is 1.84. The molecule has 1 aliphatic rings. The molecule has 0 aliphatic carbocycles. The molecule has 5 rings (SSSR count). The summed E-state index contributed by atoms with van der Waals surface area (Å²) in [5.41, 5.74) is 6.04. The van der Waals surface area contributed by atoms with E-state index < -0.39 is 0 Å². The van der Waals surface area contributed by atoms with Gasteiger partial charge in [-0.15, -0.1) is 11.3 Å². The third-order valence-corrected chi connectivity index (χ3v) is 7.08. The number of benzene rings is 2. The molecule has 0 bridgehead atoms. The highest BCUT2D eigenvalue weighted by atomic mass is 32.1. The number of thiophene rings is 1. The topological polar surface area (TPSA) is 41.4 Å². The van der Waals surface area contributed by atoms with Gasteiger partial charge in [0, 0.05) is 32.7 Å². The second-order valence-corrected chi connectivity index (χ2v) is 9.60. The summed E-state index contributed by atoms with van der Waals surface area (Å²) in [6.07, 6.45) is 0. The molecule has 6 heteroatoms. The Bertz CT molecular complexity index is 1240. The number of aromatic nitrogens is 2. The number of rotatable bonds is 5. The summed E-state index contributed by atoms with van der Waals surface area (Å²) >= 11 is 1.64. The minimum Gasteiger partial charge on any atom is -0.335 e. The molecule has 4 aromatic rings. The van der Waals surface area contributed by atoms with Crippen LogP contribution >= 0.6 is 11.3 Å². The highest BCUT2D eigenvalue weighted by Gasteiger charge is 2.27. The minimum absolute atomic E-state index is 0.0460. The Kier molecular flexibility index (Phi) is 6.11. The lowest BCUT2D eigenvalue weighted by Gasteiger charge is -2.34. The zero-order valence-electron chi connectivity index (χ0n) is 19.1. The summed E-state index contributed by atoms with van der Waals surface area (Å²) in [7, 11) is 0. The van der Waals surface area contributed by atoms with E-state index in [9.17, 15) is 4.79 Å². The Morgan fingerprint density at radius 2 is 1.73 bits per heavy atom. The van der Waals surface area contributed by atoms with Crippen LogP contribution in [-0.2, 0) is 6.54 Å². The van der Waals surface area contributed by atoms with Gasteiger partial charge in [-0.1, -0.05) is 54.1 Å². The fourth-order valence-corrected chi connectivity index (χ4v) is 5.10. The zero-order chi connectivity index (χ0) is 22.8. The Balaban J connectivity index is 1.39. The molecule has 1 saturated heterocycles. The van der Waals surface area contributed by atoms with E-state index in [2.05, 4.69) is 67.3 Å². The fraction of sp³-hybridized carbons (Fsp3) is 0.259. The van der Waals surface area contributed by atoms with Crippen molar-refractivity contribution in [2.24, 2.45) is 0 Å². The lowest BCUT2D eigenvalue weighted by Crippen LogP contribution is -2.48. The highest BCUT2D eigenvalue weighted by Crippen LogP contribution is 2.28. The van der Waals surface area contributed by atoms with Gasteiger partial charge < -0.3 is 4.90 Å². The van der Waals surface area contributed by atoms with Crippen LogP contribution in [0.3, 0.4) is 0 Å². The molecule has 1 aliphatic heterocycles. The maximum atomic E-state index is 13.7. The summed E-state index contributed by atoms with van der Waals surface area (Å²) in [5, 5.41) is 6.91. The molecule has 0 atom stereocenters. The van der Waals surface area contributed by atoms with Gasteiger partial charge in [-0.2, -0.15) is 5.10 Å². The van der Waals surface area contributed by atoms with E-state index in [0.29, 0.717) is 5.69 Å². The van der Waals surface area contributed by atoms with Gasteiger partial charge in [0.25, 0.3) is 5.91 Å². The molecular weight excluding hydrogens is 428 g/mol. The Labute approximate surface area is 198 Å². The van der Waals surface area contributed by atoms with Crippen molar-refractivity contribution in [3.05, 3.63) is 94.5 Å². The summed E-state index contributed by atoms with van der Waals surface area (Å²) in [4.78, 5) is 19.1. The molecule has 0 unspecified atom stereocenters. The Morgan fingerprint density at radius 1 is 0.939 bits per heavy atom. The van der Waals surface area contributed by atoms with Crippen LogP contribution in [-0.4, -0.2) is 51.7 Å². The van der Waals surface area contributed by atoms with Crippen molar-refractivity contribution in [2.45, 2.75) is 20.4 Å². The number of nitrogens with zero attached hydrogens (tertiary/aromatic N) is 4. The largest absolute Gasteiger partial charge is 0.335 e. The van der Waals surface area contributed by atoms with Crippen molar-refractivity contribution in [1.29, 1.82) is 0 Å². The van der Waals surface area contributed by atoms with E-state index in [1.807, 2.05) is 33.2 Å². The molecule has 0 spiro atoms. The first-order valence-electron chi connectivity index (χ1n) is 11.4. The predicted octanol–water partition coefficient (Wildman–Crippen LogP) is 5.18. The lowest BCUT2D eigenvalue weighted by molar-refractivity contribution is 0.0619. The standard InChI is InChI=1S/C27H28N4OS/c1-20-10-11-24(21(2)17-20)31-25(18-23(28-31)26-9-6-16-33-26)27(32)30-14-12-29(13-15-30)19-22-7-4-3-5-8-22/h3-11,16-18H,12-15,19H2,1-2H3. The number of aryl methyl sites for hydroxylation is 2. The Morgan fingerprint density at radius 3 is 2.42 bits per heavy atom. The van der Waals surface area contributed by atoms with Crippen LogP contribution in [0.5, 0.6) is 0 Å². The zero-order valence-corrected chi connectivity index (χ0v) is 19.9. The highest BCUT2D eigenvalue weighted by molar-refractivity contribution is 7.13. The summed E-state index contributed by atoms with van der Waals surface area (Å²) in [6, 6.07) is 22.8. The molecule has 2 aromatic heterocycles. The third-order valence-electron chi connectivity index (χ3n) is 6.19. The monoisotopic (exact) mass is 456 g/mol. The molecular formula is C27H28N4OS. The molecule has 0 radical (unpaired) electrons. The number of hydrogen-bond donors (Lipinski definition) is 0. The second-order valence-electron chi connectivity index (χ2n) is 8.65. The van der Waals surface area contributed by atoms with E-state index in [0.717, 1.165) is 54.5 Å². The van der Waals surface area contributed by atoms with Crippen LogP contribution < -0.4 is 0 Å². The molecule has 3 heterocycles. The van der Waals surface area contributed by atoms with Crippen LogP contribution in [0.25, 0.3) is 16.3 Å². The van der Waals surface area contributed by atoms with Gasteiger partial charge in [0.1, 0.15) is 11.4 Å². The SMILES string of the molecule is Cc1ccc(-n2nc(-c3cccs3)cc2C(=O)N2CCN(Cc3ccccc3)CC2)c(C)c1. The molecule has 1 amide bonds. The van der Waals surface area contributed by atoms with E-state index in [1.165, 1.54) is 11.1 Å². The van der Waals surface area contributed by atoms with Gasteiger partial charge in [-0.25, -0.2) is 4.68 Å². The Hall–Kier alpha value is -3.22. The molecule has 0 saturated carbocycles. The van der Waals surface area contributed by atoms with Crippen molar-refractivity contribution in [2.75, 3.05) is 26.2 Å². The maximum absolute atomic E-state index is 13.7. The first kappa shape index (κ1) is 21.6.